The van der Waals surface area contributed by atoms with E-state index in [1.165, 1.54) is 12.1 Å². The number of H-pyrrole nitrogens is 1. The van der Waals surface area contributed by atoms with Crippen LogP contribution in [0.4, 0.5) is 4.39 Å². The molecule has 1 aliphatic heterocycles. The number of halogens is 1. The molecule has 1 aromatic carbocycles. The molecule has 2 aromatic rings. The first-order chi connectivity index (χ1) is 14.1. The van der Waals surface area contributed by atoms with Crippen molar-refractivity contribution in [1.29, 1.82) is 0 Å². The number of aromatic amines is 1. The van der Waals surface area contributed by atoms with Gasteiger partial charge in [0.1, 0.15) is 11.5 Å². The van der Waals surface area contributed by atoms with Crippen LogP contribution in [-0.2, 0) is 11.2 Å². The zero-order valence-electron chi connectivity index (χ0n) is 16.5. The minimum Gasteiger partial charge on any atom is -0.348 e. The molecule has 154 valence electrons. The number of amides is 2. The summed E-state index contributed by atoms with van der Waals surface area (Å²) in [6.07, 6.45) is 7.41. The lowest BCUT2D eigenvalue weighted by molar-refractivity contribution is -0.134. The Morgan fingerprint density at radius 1 is 1.10 bits per heavy atom. The number of hydrogen-bond acceptors (Lipinski definition) is 3. The second-order valence-corrected chi connectivity index (χ2v) is 8.07. The average Bonchev–Trinajstić information content (AvgIpc) is 3.42. The highest BCUT2D eigenvalue weighted by Gasteiger charge is 2.30. The first-order valence-electron chi connectivity index (χ1n) is 10.5. The van der Waals surface area contributed by atoms with Crippen LogP contribution in [0.3, 0.4) is 0 Å². The maximum atomic E-state index is 13.1. The Balaban J connectivity index is 1.44. The van der Waals surface area contributed by atoms with Gasteiger partial charge in [0.25, 0.3) is 5.91 Å². The van der Waals surface area contributed by atoms with Gasteiger partial charge in [0.05, 0.1) is 18.2 Å². The van der Waals surface area contributed by atoms with E-state index in [0.29, 0.717) is 12.2 Å². The van der Waals surface area contributed by atoms with Gasteiger partial charge in [0.2, 0.25) is 5.91 Å². The summed E-state index contributed by atoms with van der Waals surface area (Å²) in [6.45, 7) is 0.674. The van der Waals surface area contributed by atoms with Crippen LogP contribution in [0, 0.1) is 5.82 Å². The van der Waals surface area contributed by atoms with Crippen LogP contribution in [-0.4, -0.2) is 39.5 Å². The Morgan fingerprint density at radius 3 is 2.59 bits per heavy atom. The van der Waals surface area contributed by atoms with E-state index in [0.717, 1.165) is 56.2 Å². The van der Waals surface area contributed by atoms with E-state index in [-0.39, 0.29) is 36.1 Å². The van der Waals surface area contributed by atoms with E-state index in [1.54, 1.807) is 18.2 Å². The number of nitrogens with one attached hydrogen (secondary N) is 2. The van der Waals surface area contributed by atoms with Crippen molar-refractivity contribution in [3.8, 4) is 0 Å². The second kappa shape index (κ2) is 8.76. The Labute approximate surface area is 169 Å². The lowest BCUT2D eigenvalue weighted by atomic mass is 9.98. The van der Waals surface area contributed by atoms with E-state index < -0.39 is 0 Å². The largest absolute Gasteiger partial charge is 0.348 e. The van der Waals surface area contributed by atoms with Crippen molar-refractivity contribution in [1.82, 2.24) is 20.4 Å². The molecule has 0 radical (unpaired) electrons. The van der Waals surface area contributed by atoms with Crippen molar-refractivity contribution >= 4 is 11.8 Å². The molecule has 1 aliphatic carbocycles. The van der Waals surface area contributed by atoms with Gasteiger partial charge in [-0.25, -0.2) is 4.39 Å². The summed E-state index contributed by atoms with van der Waals surface area (Å²) in [6, 6.07) is 7.95. The summed E-state index contributed by atoms with van der Waals surface area (Å²) in [5.41, 5.74) is 1.97. The monoisotopic (exact) mass is 398 g/mol. The molecule has 0 spiro atoms. The molecule has 2 N–H and O–H groups in total. The maximum absolute atomic E-state index is 13.1. The Hall–Kier alpha value is -2.70. The molecule has 2 amide bonds. The van der Waals surface area contributed by atoms with Gasteiger partial charge in [0.15, 0.2) is 0 Å². The molecular formula is C22H27FN4O2. The number of aromatic nitrogens is 2. The van der Waals surface area contributed by atoms with Gasteiger partial charge in [-0.3, -0.25) is 14.7 Å². The van der Waals surface area contributed by atoms with Crippen LogP contribution >= 0.6 is 0 Å². The summed E-state index contributed by atoms with van der Waals surface area (Å²) in [4.78, 5) is 27.3. The number of hydrogen-bond donors (Lipinski definition) is 2. The van der Waals surface area contributed by atoms with Crippen LogP contribution < -0.4 is 5.32 Å². The molecule has 4 rings (SSSR count). The quantitative estimate of drug-likeness (QED) is 0.809. The highest BCUT2D eigenvalue weighted by molar-refractivity contribution is 5.92. The highest BCUT2D eigenvalue weighted by atomic mass is 19.1. The molecule has 1 saturated heterocycles. The van der Waals surface area contributed by atoms with Crippen molar-refractivity contribution in [3.63, 3.8) is 0 Å². The zero-order chi connectivity index (χ0) is 20.2. The molecule has 1 aromatic heterocycles. The summed E-state index contributed by atoms with van der Waals surface area (Å²) in [5.74, 6) is -0.454. The van der Waals surface area contributed by atoms with Crippen LogP contribution in [0.5, 0.6) is 0 Å². The molecule has 0 unspecified atom stereocenters. The third kappa shape index (κ3) is 4.66. The molecule has 0 bridgehead atoms. The van der Waals surface area contributed by atoms with E-state index in [4.69, 9.17) is 0 Å². The van der Waals surface area contributed by atoms with Gasteiger partial charge in [0, 0.05) is 12.6 Å². The predicted molar refractivity (Wildman–Crippen MR) is 107 cm³/mol. The van der Waals surface area contributed by atoms with E-state index in [9.17, 15) is 14.0 Å². The fraction of sp³-hybridized carbons (Fsp3) is 0.500. The normalized spacial score (nSPS) is 20.0. The summed E-state index contributed by atoms with van der Waals surface area (Å²) in [7, 11) is 0. The van der Waals surface area contributed by atoms with Gasteiger partial charge in [-0.1, -0.05) is 25.0 Å². The third-order valence-electron chi connectivity index (χ3n) is 5.97. The first kappa shape index (κ1) is 19.6. The van der Waals surface area contributed by atoms with Gasteiger partial charge in [-0.15, -0.1) is 0 Å². The van der Waals surface area contributed by atoms with Gasteiger partial charge in [-0.05, 0) is 55.9 Å². The Kier molecular flexibility index (Phi) is 5.92. The molecule has 2 aliphatic rings. The second-order valence-electron chi connectivity index (χ2n) is 8.07. The lowest BCUT2D eigenvalue weighted by Crippen LogP contribution is -2.39. The Bertz CT molecular complexity index is 858. The van der Waals surface area contributed by atoms with Crippen molar-refractivity contribution in [2.45, 2.75) is 63.5 Å². The summed E-state index contributed by atoms with van der Waals surface area (Å²) < 4.78 is 13.1. The number of nitrogens with zero attached hydrogens (tertiary/aromatic N) is 2. The average molecular weight is 398 g/mol. The van der Waals surface area contributed by atoms with E-state index >= 15 is 0 Å². The number of rotatable bonds is 5. The van der Waals surface area contributed by atoms with E-state index in [1.807, 2.05) is 4.90 Å². The SMILES string of the molecule is O=C(NC1CCCC1)c1cc([C@H]2CCCCN2C(=O)Cc2ccc(F)cc2)[nH]n1. The molecular weight excluding hydrogens is 371 g/mol. The molecule has 2 heterocycles. The predicted octanol–water partition coefficient (Wildman–Crippen LogP) is 3.52. The summed E-state index contributed by atoms with van der Waals surface area (Å²) >= 11 is 0. The molecule has 1 saturated carbocycles. The first-order valence-corrected chi connectivity index (χ1v) is 10.5. The minimum atomic E-state index is -0.307. The molecule has 2 fully saturated rings. The van der Waals surface area contributed by atoms with E-state index in [2.05, 4.69) is 15.5 Å². The standard InChI is InChI=1S/C22H27FN4O2/c23-16-10-8-15(9-11-16)13-21(28)27-12-4-3-7-20(27)18-14-19(26-25-18)22(29)24-17-5-1-2-6-17/h8-11,14,17,20H,1-7,12-13H2,(H,24,29)(H,25,26)/t20-/m1/s1. The van der Waals surface area contributed by atoms with Gasteiger partial charge in [-0.2, -0.15) is 5.10 Å². The van der Waals surface area contributed by atoms with Crippen molar-refractivity contribution in [3.05, 3.63) is 53.1 Å². The molecule has 1 atom stereocenters. The van der Waals surface area contributed by atoms with Crippen molar-refractivity contribution in [2.24, 2.45) is 0 Å². The van der Waals surface area contributed by atoms with Crippen LogP contribution in [0.1, 0.15) is 72.7 Å². The summed E-state index contributed by atoms with van der Waals surface area (Å²) in [5, 5.41) is 10.2. The fourth-order valence-electron chi connectivity index (χ4n) is 4.38. The van der Waals surface area contributed by atoms with Crippen LogP contribution in [0.2, 0.25) is 0 Å². The molecule has 6 nitrogen and oxygen atoms in total. The van der Waals surface area contributed by atoms with Gasteiger partial charge >= 0.3 is 0 Å². The number of carbonyl (C=O) groups is 2. The Morgan fingerprint density at radius 2 is 1.83 bits per heavy atom. The molecule has 29 heavy (non-hydrogen) atoms. The lowest BCUT2D eigenvalue weighted by Gasteiger charge is -2.35. The number of carbonyl (C=O) groups excluding carboxylic acids is 2. The molecule has 7 heteroatoms. The van der Waals surface area contributed by atoms with Crippen molar-refractivity contribution in [2.75, 3.05) is 6.54 Å². The smallest absolute Gasteiger partial charge is 0.271 e. The van der Waals surface area contributed by atoms with Crippen LogP contribution in [0.15, 0.2) is 30.3 Å². The van der Waals surface area contributed by atoms with Crippen molar-refractivity contribution < 1.29 is 14.0 Å². The fourth-order valence-corrected chi connectivity index (χ4v) is 4.38. The number of likely N-dealkylation sites (tertiary alicyclic amines) is 1. The van der Waals surface area contributed by atoms with Gasteiger partial charge < -0.3 is 10.2 Å². The topological polar surface area (TPSA) is 78.1 Å². The number of benzene rings is 1. The minimum absolute atomic E-state index is 0.00728. The maximum Gasteiger partial charge on any atom is 0.271 e. The zero-order valence-corrected chi connectivity index (χ0v) is 16.5. The highest BCUT2D eigenvalue weighted by Crippen LogP contribution is 2.31. The van der Waals surface area contributed by atoms with Crippen LogP contribution in [0.25, 0.3) is 0 Å². The third-order valence-corrected chi connectivity index (χ3v) is 5.97. The number of piperidine rings is 1.